The first-order valence-electron chi connectivity index (χ1n) is 6.12. The van der Waals surface area contributed by atoms with Gasteiger partial charge >= 0.3 is 5.97 Å². The lowest BCUT2D eigenvalue weighted by Gasteiger charge is -2.02. The molecule has 2 heterocycles. The van der Waals surface area contributed by atoms with Crippen LogP contribution in [0.1, 0.15) is 21.0 Å². The van der Waals surface area contributed by atoms with E-state index < -0.39 is 5.97 Å². The number of nitrogens with zero attached hydrogens (tertiary/aromatic N) is 2. The van der Waals surface area contributed by atoms with Crippen molar-refractivity contribution in [1.82, 2.24) is 9.78 Å². The minimum absolute atomic E-state index is 0.0132. The summed E-state index contributed by atoms with van der Waals surface area (Å²) in [6.07, 6.45) is 2.23. The van der Waals surface area contributed by atoms with Crippen molar-refractivity contribution < 1.29 is 19.1 Å². The first-order chi connectivity index (χ1) is 10.2. The second kappa shape index (κ2) is 5.09. The van der Waals surface area contributed by atoms with Crippen molar-refractivity contribution >= 4 is 12.3 Å². The number of benzene rings is 1. The lowest BCUT2D eigenvalue weighted by atomic mass is 10.1. The molecule has 2 aromatic heterocycles. The Labute approximate surface area is 119 Å². The van der Waals surface area contributed by atoms with Crippen LogP contribution < -0.4 is 0 Å². The van der Waals surface area contributed by atoms with Crippen molar-refractivity contribution in [3.63, 3.8) is 0 Å². The summed E-state index contributed by atoms with van der Waals surface area (Å²) in [6.45, 7) is 0. The molecule has 6 heteroatoms. The molecular formula is C15H10N2O4. The molecule has 0 saturated heterocycles. The smallest absolute Gasteiger partial charge is 0.356 e. The molecule has 0 bridgehead atoms. The topological polar surface area (TPSA) is 85.3 Å². The van der Waals surface area contributed by atoms with E-state index in [1.165, 1.54) is 10.7 Å². The van der Waals surface area contributed by atoms with Crippen LogP contribution in [0.25, 0.3) is 17.0 Å². The zero-order valence-corrected chi connectivity index (χ0v) is 10.8. The minimum atomic E-state index is -1.07. The molecule has 0 aliphatic rings. The van der Waals surface area contributed by atoms with E-state index in [2.05, 4.69) is 5.10 Å². The average molecular weight is 282 g/mol. The van der Waals surface area contributed by atoms with Crippen LogP contribution in [0.15, 0.2) is 53.1 Å². The number of aromatic nitrogens is 2. The first kappa shape index (κ1) is 12.9. The highest BCUT2D eigenvalue weighted by Gasteiger charge is 2.08. The highest BCUT2D eigenvalue weighted by atomic mass is 16.4. The highest BCUT2D eigenvalue weighted by Crippen LogP contribution is 2.22. The predicted molar refractivity (Wildman–Crippen MR) is 73.6 cm³/mol. The van der Waals surface area contributed by atoms with Crippen molar-refractivity contribution in [2.24, 2.45) is 0 Å². The van der Waals surface area contributed by atoms with Gasteiger partial charge in [-0.25, -0.2) is 9.48 Å². The number of aromatic carboxylic acids is 1. The number of aldehydes is 1. The Hall–Kier alpha value is -3.15. The summed E-state index contributed by atoms with van der Waals surface area (Å²) in [5, 5.41) is 12.8. The molecule has 21 heavy (non-hydrogen) atoms. The van der Waals surface area contributed by atoms with Gasteiger partial charge in [0.05, 0.1) is 5.69 Å². The number of furan rings is 1. The molecule has 0 fully saturated rings. The summed E-state index contributed by atoms with van der Waals surface area (Å²) in [5.74, 6) is -0.204. The zero-order valence-electron chi connectivity index (χ0n) is 10.8. The van der Waals surface area contributed by atoms with E-state index in [1.54, 1.807) is 30.5 Å². The van der Waals surface area contributed by atoms with Gasteiger partial charge in [0.1, 0.15) is 5.76 Å². The Morgan fingerprint density at radius 2 is 1.90 bits per heavy atom. The molecule has 0 spiro atoms. The minimum Gasteiger partial charge on any atom is -0.476 e. The van der Waals surface area contributed by atoms with Gasteiger partial charge in [0, 0.05) is 11.8 Å². The Kier molecular flexibility index (Phi) is 3.12. The zero-order chi connectivity index (χ0) is 14.8. The summed E-state index contributed by atoms with van der Waals surface area (Å²) in [7, 11) is 0. The van der Waals surface area contributed by atoms with E-state index in [0.29, 0.717) is 12.0 Å². The number of rotatable bonds is 4. The van der Waals surface area contributed by atoms with Crippen LogP contribution in [0.5, 0.6) is 0 Å². The van der Waals surface area contributed by atoms with Crippen LogP contribution in [-0.2, 0) is 0 Å². The van der Waals surface area contributed by atoms with Gasteiger partial charge in [-0.3, -0.25) is 4.79 Å². The van der Waals surface area contributed by atoms with Gasteiger partial charge in [-0.05, 0) is 42.5 Å². The quantitative estimate of drug-likeness (QED) is 0.743. The molecule has 0 saturated carbocycles. The summed E-state index contributed by atoms with van der Waals surface area (Å²) < 4.78 is 6.81. The van der Waals surface area contributed by atoms with E-state index in [9.17, 15) is 9.59 Å². The summed E-state index contributed by atoms with van der Waals surface area (Å²) in [5.41, 5.74) is 1.53. The van der Waals surface area contributed by atoms with E-state index >= 15 is 0 Å². The fraction of sp³-hybridized carbons (Fsp3) is 0. The standard InChI is InChI=1S/C15H10N2O4/c18-9-12-5-6-14(21-12)10-1-3-11(4-2-10)17-8-7-13(16-17)15(19)20/h1-9H,(H,19,20). The molecule has 0 aliphatic heterocycles. The molecule has 0 radical (unpaired) electrons. The molecule has 0 unspecified atom stereocenters. The average Bonchev–Trinajstić information content (AvgIpc) is 3.17. The van der Waals surface area contributed by atoms with E-state index in [0.717, 1.165) is 11.3 Å². The van der Waals surface area contributed by atoms with Gasteiger partial charge in [0.25, 0.3) is 0 Å². The highest BCUT2D eigenvalue weighted by molar-refractivity contribution is 5.85. The fourth-order valence-corrected chi connectivity index (χ4v) is 1.93. The summed E-state index contributed by atoms with van der Waals surface area (Å²) >= 11 is 0. The van der Waals surface area contributed by atoms with Gasteiger partial charge < -0.3 is 9.52 Å². The Morgan fingerprint density at radius 3 is 2.48 bits per heavy atom. The monoisotopic (exact) mass is 282 g/mol. The van der Waals surface area contributed by atoms with Crippen LogP contribution in [0.3, 0.4) is 0 Å². The van der Waals surface area contributed by atoms with E-state index in [-0.39, 0.29) is 11.5 Å². The molecule has 1 N–H and O–H groups in total. The molecule has 0 atom stereocenters. The fourth-order valence-electron chi connectivity index (χ4n) is 1.93. The van der Waals surface area contributed by atoms with E-state index in [4.69, 9.17) is 9.52 Å². The third kappa shape index (κ3) is 2.46. The summed E-state index contributed by atoms with van der Waals surface area (Å²) in [6, 6.07) is 11.9. The lowest BCUT2D eigenvalue weighted by molar-refractivity contribution is 0.0690. The molecule has 1 aromatic carbocycles. The largest absolute Gasteiger partial charge is 0.476 e. The predicted octanol–water partition coefficient (Wildman–Crippen LogP) is 2.64. The van der Waals surface area contributed by atoms with Crippen molar-refractivity contribution in [1.29, 1.82) is 0 Å². The molecule has 104 valence electrons. The maximum Gasteiger partial charge on any atom is 0.356 e. The number of carbonyl (C=O) groups excluding carboxylic acids is 1. The molecule has 3 aromatic rings. The van der Waals surface area contributed by atoms with E-state index in [1.807, 2.05) is 12.1 Å². The van der Waals surface area contributed by atoms with Crippen LogP contribution in [0.4, 0.5) is 0 Å². The number of carbonyl (C=O) groups is 2. The Balaban J connectivity index is 1.89. The number of hydrogen-bond acceptors (Lipinski definition) is 4. The van der Waals surface area contributed by atoms with Crippen molar-refractivity contribution in [3.05, 3.63) is 60.1 Å². The van der Waals surface area contributed by atoms with Crippen LogP contribution in [0, 0.1) is 0 Å². The molecule has 0 amide bonds. The SMILES string of the molecule is O=Cc1ccc(-c2ccc(-n3ccc(C(=O)O)n3)cc2)o1. The van der Waals surface area contributed by atoms with Crippen molar-refractivity contribution in [3.8, 4) is 17.0 Å². The Bertz CT molecular complexity index is 799. The van der Waals surface area contributed by atoms with Crippen molar-refractivity contribution in [2.45, 2.75) is 0 Å². The first-order valence-corrected chi connectivity index (χ1v) is 6.12. The van der Waals surface area contributed by atoms with Gasteiger partial charge in [0.15, 0.2) is 17.7 Å². The molecule has 6 nitrogen and oxygen atoms in total. The molecule has 0 aliphatic carbocycles. The lowest BCUT2D eigenvalue weighted by Crippen LogP contribution is -2.00. The summed E-state index contributed by atoms with van der Waals surface area (Å²) in [4.78, 5) is 21.4. The molecular weight excluding hydrogens is 272 g/mol. The Morgan fingerprint density at radius 1 is 1.14 bits per heavy atom. The van der Waals surface area contributed by atoms with Gasteiger partial charge in [-0.2, -0.15) is 5.10 Å². The van der Waals surface area contributed by atoms with Crippen LogP contribution >= 0.6 is 0 Å². The second-order valence-electron chi connectivity index (χ2n) is 4.32. The van der Waals surface area contributed by atoms with Gasteiger partial charge in [0.2, 0.25) is 0 Å². The van der Waals surface area contributed by atoms with Gasteiger partial charge in [-0.15, -0.1) is 0 Å². The second-order valence-corrected chi connectivity index (χ2v) is 4.32. The van der Waals surface area contributed by atoms with Gasteiger partial charge in [-0.1, -0.05) is 0 Å². The number of carboxylic acid groups (broad SMARTS) is 1. The van der Waals surface area contributed by atoms with Crippen LogP contribution in [0.2, 0.25) is 0 Å². The maximum atomic E-state index is 10.8. The third-order valence-corrected chi connectivity index (χ3v) is 2.97. The van der Waals surface area contributed by atoms with Crippen LogP contribution in [-0.4, -0.2) is 27.1 Å². The maximum absolute atomic E-state index is 10.8. The van der Waals surface area contributed by atoms with Crippen molar-refractivity contribution in [2.75, 3.05) is 0 Å². The number of hydrogen-bond donors (Lipinski definition) is 1. The molecule has 3 rings (SSSR count). The number of carboxylic acids is 1. The normalized spacial score (nSPS) is 10.5. The third-order valence-electron chi connectivity index (χ3n) is 2.97.